The minimum atomic E-state index is -0.244. The molecule has 0 saturated carbocycles. The normalized spacial score (nSPS) is 16.4. The molecule has 1 fully saturated rings. The van der Waals surface area contributed by atoms with Crippen LogP contribution in [0.25, 0.3) is 0 Å². The van der Waals surface area contributed by atoms with E-state index in [0.29, 0.717) is 24.8 Å². The molecule has 1 aliphatic heterocycles. The Labute approximate surface area is 143 Å². The van der Waals surface area contributed by atoms with Gasteiger partial charge in [-0.2, -0.15) is 0 Å². The molecule has 1 heterocycles. The molecule has 24 heavy (non-hydrogen) atoms. The molecule has 6 heteroatoms. The number of nitrogens with zero attached hydrogens (tertiary/aromatic N) is 2. The van der Waals surface area contributed by atoms with Gasteiger partial charge in [0.1, 0.15) is 11.6 Å². The van der Waals surface area contributed by atoms with E-state index in [2.05, 4.69) is 29.0 Å². The molecule has 2 rings (SSSR count). The number of methoxy groups -OCH3 is 1. The van der Waals surface area contributed by atoms with Gasteiger partial charge < -0.3 is 10.1 Å². The zero-order chi connectivity index (χ0) is 17.5. The molecule has 0 aromatic heterocycles. The topological polar surface area (TPSA) is 44.8 Å². The lowest BCUT2D eigenvalue weighted by atomic mass is 10.1. The van der Waals surface area contributed by atoms with E-state index in [1.54, 1.807) is 13.2 Å². The van der Waals surface area contributed by atoms with E-state index >= 15 is 0 Å². The number of ether oxygens (including phenoxy) is 1. The van der Waals surface area contributed by atoms with E-state index in [4.69, 9.17) is 4.74 Å². The summed E-state index contributed by atoms with van der Waals surface area (Å²) in [6.07, 6.45) is 0. The number of carbonyl (C=O) groups is 1. The van der Waals surface area contributed by atoms with Crippen molar-refractivity contribution >= 4 is 5.91 Å². The first-order valence-electron chi connectivity index (χ1n) is 8.51. The van der Waals surface area contributed by atoms with Crippen LogP contribution < -0.4 is 10.1 Å². The Morgan fingerprint density at radius 3 is 2.54 bits per heavy atom. The first kappa shape index (κ1) is 18.7. The number of nitrogens with one attached hydrogen (secondary N) is 1. The van der Waals surface area contributed by atoms with Gasteiger partial charge in [-0.25, -0.2) is 4.39 Å². The Hall–Kier alpha value is -1.66. The lowest BCUT2D eigenvalue weighted by Gasteiger charge is -2.34. The number of benzene rings is 1. The third-order valence-corrected chi connectivity index (χ3v) is 4.18. The molecule has 1 saturated heterocycles. The van der Waals surface area contributed by atoms with Gasteiger partial charge in [0.2, 0.25) is 5.91 Å². The molecule has 0 aliphatic carbocycles. The van der Waals surface area contributed by atoms with Crippen LogP contribution in [0.15, 0.2) is 18.2 Å². The van der Waals surface area contributed by atoms with Gasteiger partial charge in [-0.15, -0.1) is 0 Å². The first-order valence-corrected chi connectivity index (χ1v) is 8.51. The Balaban J connectivity index is 1.79. The lowest BCUT2D eigenvalue weighted by molar-refractivity contribution is -0.122. The summed E-state index contributed by atoms with van der Waals surface area (Å²) in [5.74, 6) is 1.02. The van der Waals surface area contributed by atoms with Crippen LogP contribution in [0.4, 0.5) is 4.39 Å². The molecule has 134 valence electrons. The molecule has 5 nitrogen and oxygen atoms in total. The molecule has 1 aromatic carbocycles. The van der Waals surface area contributed by atoms with Crippen LogP contribution in [0.5, 0.6) is 5.75 Å². The lowest BCUT2D eigenvalue weighted by Crippen LogP contribution is -2.49. The predicted octanol–water partition coefficient (Wildman–Crippen LogP) is 1.72. The number of piperazine rings is 1. The average molecular weight is 337 g/mol. The van der Waals surface area contributed by atoms with Crippen LogP contribution in [0, 0.1) is 11.7 Å². The monoisotopic (exact) mass is 337 g/mol. The van der Waals surface area contributed by atoms with E-state index < -0.39 is 0 Å². The van der Waals surface area contributed by atoms with Crippen LogP contribution in [0.2, 0.25) is 0 Å². The standard InChI is InChI=1S/C18H28FN3O2/c1-14(2)11-20-18(23)13-22-8-6-21(7-9-22)12-15-10-16(19)4-5-17(15)24-3/h4-5,10,14H,6-9,11-13H2,1-3H3,(H,20,23). The fourth-order valence-electron chi connectivity index (χ4n) is 2.79. The van der Waals surface area contributed by atoms with Crippen molar-refractivity contribution in [3.63, 3.8) is 0 Å². The molecule has 0 spiro atoms. The maximum atomic E-state index is 13.4. The second-order valence-electron chi connectivity index (χ2n) is 6.71. The number of hydrogen-bond acceptors (Lipinski definition) is 4. The van der Waals surface area contributed by atoms with Gasteiger partial charge in [0.25, 0.3) is 0 Å². The molecule has 1 amide bonds. The highest BCUT2D eigenvalue weighted by Crippen LogP contribution is 2.21. The Bertz CT molecular complexity index is 543. The van der Waals surface area contributed by atoms with E-state index in [0.717, 1.165) is 38.3 Å². The van der Waals surface area contributed by atoms with Crippen molar-refractivity contribution in [2.75, 3.05) is 46.4 Å². The average Bonchev–Trinajstić information content (AvgIpc) is 2.55. The highest BCUT2D eigenvalue weighted by atomic mass is 19.1. The van der Waals surface area contributed by atoms with Gasteiger partial charge >= 0.3 is 0 Å². The minimum absolute atomic E-state index is 0.0870. The largest absolute Gasteiger partial charge is 0.496 e. The summed E-state index contributed by atoms with van der Waals surface area (Å²) < 4.78 is 18.8. The second-order valence-corrected chi connectivity index (χ2v) is 6.71. The third-order valence-electron chi connectivity index (χ3n) is 4.18. The fraction of sp³-hybridized carbons (Fsp3) is 0.611. The smallest absolute Gasteiger partial charge is 0.234 e. The Morgan fingerprint density at radius 1 is 1.25 bits per heavy atom. The molecule has 1 aromatic rings. The SMILES string of the molecule is COc1ccc(F)cc1CN1CCN(CC(=O)NCC(C)C)CC1. The van der Waals surface area contributed by atoms with Gasteiger partial charge in [-0.3, -0.25) is 14.6 Å². The molecule has 1 aliphatic rings. The van der Waals surface area contributed by atoms with Crippen LogP contribution in [0.3, 0.4) is 0 Å². The molecular weight excluding hydrogens is 309 g/mol. The zero-order valence-corrected chi connectivity index (χ0v) is 14.8. The Kier molecular flexibility index (Phi) is 6.99. The summed E-state index contributed by atoms with van der Waals surface area (Å²) >= 11 is 0. The van der Waals surface area contributed by atoms with Crippen LogP contribution >= 0.6 is 0 Å². The summed E-state index contributed by atoms with van der Waals surface area (Å²) in [5.41, 5.74) is 0.862. The predicted molar refractivity (Wildman–Crippen MR) is 92.5 cm³/mol. The Morgan fingerprint density at radius 2 is 1.92 bits per heavy atom. The van der Waals surface area contributed by atoms with Gasteiger partial charge in [0.15, 0.2) is 0 Å². The summed E-state index contributed by atoms with van der Waals surface area (Å²) in [5, 5.41) is 2.95. The maximum Gasteiger partial charge on any atom is 0.234 e. The molecule has 0 unspecified atom stereocenters. The number of amides is 1. The van der Waals surface area contributed by atoms with Gasteiger partial charge in [-0.05, 0) is 24.1 Å². The highest BCUT2D eigenvalue weighted by Gasteiger charge is 2.20. The summed E-state index contributed by atoms with van der Waals surface area (Å²) in [6.45, 7) is 9.39. The van der Waals surface area contributed by atoms with Crippen molar-refractivity contribution < 1.29 is 13.9 Å². The van der Waals surface area contributed by atoms with Crippen LogP contribution in [-0.4, -0.2) is 62.1 Å². The van der Waals surface area contributed by atoms with E-state index in [1.165, 1.54) is 12.1 Å². The number of rotatable bonds is 7. The number of halogens is 1. The van der Waals surface area contributed by atoms with E-state index in [9.17, 15) is 9.18 Å². The quantitative estimate of drug-likeness (QED) is 0.823. The number of hydrogen-bond donors (Lipinski definition) is 1. The van der Waals surface area contributed by atoms with Gasteiger partial charge in [0.05, 0.1) is 13.7 Å². The number of carbonyl (C=O) groups excluding carboxylic acids is 1. The molecule has 1 N–H and O–H groups in total. The van der Waals surface area contributed by atoms with Crippen molar-refractivity contribution in [1.82, 2.24) is 15.1 Å². The molecule has 0 atom stereocenters. The van der Waals surface area contributed by atoms with E-state index in [-0.39, 0.29) is 11.7 Å². The van der Waals surface area contributed by atoms with Crippen LogP contribution in [0.1, 0.15) is 19.4 Å². The van der Waals surface area contributed by atoms with Crippen molar-refractivity contribution in [3.05, 3.63) is 29.6 Å². The van der Waals surface area contributed by atoms with Crippen molar-refractivity contribution in [2.24, 2.45) is 5.92 Å². The maximum absolute atomic E-state index is 13.4. The summed E-state index contributed by atoms with van der Waals surface area (Å²) in [7, 11) is 1.60. The third kappa shape index (κ3) is 5.76. The fourth-order valence-corrected chi connectivity index (χ4v) is 2.79. The van der Waals surface area contributed by atoms with E-state index in [1.807, 2.05) is 0 Å². The highest BCUT2D eigenvalue weighted by molar-refractivity contribution is 5.78. The second kappa shape index (κ2) is 8.99. The van der Waals surface area contributed by atoms with Crippen molar-refractivity contribution in [1.29, 1.82) is 0 Å². The minimum Gasteiger partial charge on any atom is -0.496 e. The van der Waals surface area contributed by atoms with Gasteiger partial charge in [0, 0.05) is 44.8 Å². The van der Waals surface area contributed by atoms with Crippen molar-refractivity contribution in [2.45, 2.75) is 20.4 Å². The van der Waals surface area contributed by atoms with Crippen molar-refractivity contribution in [3.8, 4) is 5.75 Å². The first-order chi connectivity index (χ1) is 11.5. The summed E-state index contributed by atoms with van der Waals surface area (Å²) in [4.78, 5) is 16.3. The zero-order valence-electron chi connectivity index (χ0n) is 14.8. The molecule has 0 bridgehead atoms. The molecular formula is C18H28FN3O2. The summed E-state index contributed by atoms with van der Waals surface area (Å²) in [6, 6.07) is 4.61. The molecule has 0 radical (unpaired) electrons. The van der Waals surface area contributed by atoms with Crippen LogP contribution in [-0.2, 0) is 11.3 Å². The van der Waals surface area contributed by atoms with Gasteiger partial charge in [-0.1, -0.05) is 13.8 Å².